The molecule has 102 valence electrons. The lowest BCUT2D eigenvalue weighted by atomic mass is 10.2. The molecule has 0 rings (SSSR count). The topological polar surface area (TPSA) is 32.8 Å². The van der Waals surface area contributed by atoms with E-state index < -0.39 is 5.60 Å². The van der Waals surface area contributed by atoms with Gasteiger partial charge in [-0.15, -0.1) is 0 Å². The van der Waals surface area contributed by atoms with Gasteiger partial charge < -0.3 is 14.5 Å². The van der Waals surface area contributed by atoms with Crippen LogP contribution in [0.2, 0.25) is 0 Å². The first-order valence-electron chi connectivity index (χ1n) is 6.24. The zero-order valence-electron chi connectivity index (χ0n) is 12.4. The normalized spacial score (nSPS) is 12.1. The summed E-state index contributed by atoms with van der Waals surface area (Å²) in [4.78, 5) is 15.8. The number of rotatable bonds is 5. The molecular weight excluding hydrogens is 216 g/mol. The highest BCUT2D eigenvalue weighted by atomic mass is 16.6. The van der Waals surface area contributed by atoms with Crippen LogP contribution in [0.15, 0.2) is 0 Å². The van der Waals surface area contributed by atoms with E-state index in [-0.39, 0.29) is 6.09 Å². The van der Waals surface area contributed by atoms with Crippen molar-refractivity contribution in [2.45, 2.75) is 40.2 Å². The van der Waals surface area contributed by atoms with Crippen molar-refractivity contribution in [3.05, 3.63) is 0 Å². The van der Waals surface area contributed by atoms with Crippen LogP contribution >= 0.6 is 0 Å². The average Bonchev–Trinajstić information content (AvgIpc) is 2.08. The Morgan fingerprint density at radius 1 is 1.18 bits per heavy atom. The van der Waals surface area contributed by atoms with Crippen LogP contribution in [0.4, 0.5) is 4.79 Å². The highest BCUT2D eigenvalue weighted by Gasteiger charge is 2.22. The third kappa shape index (κ3) is 8.98. The number of amides is 1. The Labute approximate surface area is 106 Å². The SMILES string of the molecule is CC(C)CN(CCN(C)C)C(=O)OC(C)(C)C. The molecule has 17 heavy (non-hydrogen) atoms. The standard InChI is InChI=1S/C13H28N2O2/c1-11(2)10-15(9-8-14(6)7)12(16)17-13(3,4)5/h11H,8-10H2,1-7H3. The molecule has 0 aliphatic rings. The van der Waals surface area contributed by atoms with Crippen LogP contribution < -0.4 is 0 Å². The fourth-order valence-corrected chi connectivity index (χ4v) is 1.35. The zero-order valence-corrected chi connectivity index (χ0v) is 12.4. The van der Waals surface area contributed by atoms with Gasteiger partial charge in [-0.3, -0.25) is 0 Å². The smallest absolute Gasteiger partial charge is 0.410 e. The zero-order chi connectivity index (χ0) is 13.6. The van der Waals surface area contributed by atoms with Crippen molar-refractivity contribution in [2.24, 2.45) is 5.92 Å². The molecule has 0 bridgehead atoms. The molecule has 0 spiro atoms. The molecule has 0 heterocycles. The molecule has 1 amide bonds. The van der Waals surface area contributed by atoms with Gasteiger partial charge in [0.1, 0.15) is 5.60 Å². The Kier molecular flexibility index (Phi) is 6.53. The molecule has 4 heteroatoms. The number of hydrogen-bond donors (Lipinski definition) is 0. The second kappa shape index (κ2) is 6.84. The second-order valence-corrected chi connectivity index (χ2v) is 6.12. The van der Waals surface area contributed by atoms with Crippen LogP contribution in [0.1, 0.15) is 34.6 Å². The summed E-state index contributed by atoms with van der Waals surface area (Å²) in [6.07, 6.45) is -0.215. The summed E-state index contributed by atoms with van der Waals surface area (Å²) in [6.45, 7) is 12.2. The number of ether oxygens (including phenoxy) is 1. The van der Waals surface area contributed by atoms with Gasteiger partial charge in [0, 0.05) is 19.6 Å². The fourth-order valence-electron chi connectivity index (χ4n) is 1.35. The lowest BCUT2D eigenvalue weighted by Crippen LogP contribution is -2.42. The van der Waals surface area contributed by atoms with Gasteiger partial charge in [0.25, 0.3) is 0 Å². The Bertz CT molecular complexity index is 232. The molecule has 0 atom stereocenters. The van der Waals surface area contributed by atoms with Crippen molar-refractivity contribution in [3.63, 3.8) is 0 Å². The molecule has 0 aromatic rings. The minimum atomic E-state index is -0.426. The van der Waals surface area contributed by atoms with Crippen molar-refractivity contribution in [2.75, 3.05) is 33.7 Å². The van der Waals surface area contributed by atoms with Crippen LogP contribution in [0.25, 0.3) is 0 Å². The molecule has 0 N–H and O–H groups in total. The average molecular weight is 244 g/mol. The Morgan fingerprint density at radius 2 is 1.71 bits per heavy atom. The molecule has 0 unspecified atom stereocenters. The molecule has 0 aliphatic carbocycles. The second-order valence-electron chi connectivity index (χ2n) is 6.12. The van der Waals surface area contributed by atoms with E-state index in [4.69, 9.17) is 4.74 Å². The quantitative estimate of drug-likeness (QED) is 0.744. The van der Waals surface area contributed by atoms with Crippen molar-refractivity contribution in [3.8, 4) is 0 Å². The summed E-state index contributed by atoms with van der Waals surface area (Å²) >= 11 is 0. The molecule has 0 saturated heterocycles. The third-order valence-corrected chi connectivity index (χ3v) is 2.05. The lowest BCUT2D eigenvalue weighted by molar-refractivity contribution is 0.0218. The first kappa shape index (κ1) is 16.2. The molecule has 0 saturated carbocycles. The predicted molar refractivity (Wildman–Crippen MR) is 71.2 cm³/mol. The highest BCUT2D eigenvalue weighted by Crippen LogP contribution is 2.11. The van der Waals surface area contributed by atoms with Crippen molar-refractivity contribution >= 4 is 6.09 Å². The van der Waals surface area contributed by atoms with Crippen LogP contribution in [-0.2, 0) is 4.74 Å². The van der Waals surface area contributed by atoms with E-state index in [1.54, 1.807) is 4.90 Å². The van der Waals surface area contributed by atoms with E-state index >= 15 is 0 Å². The number of nitrogens with zero attached hydrogens (tertiary/aromatic N) is 2. The summed E-state index contributed by atoms with van der Waals surface area (Å²) in [5.74, 6) is 0.449. The Morgan fingerprint density at radius 3 is 2.06 bits per heavy atom. The molecular formula is C13H28N2O2. The molecule has 0 aromatic carbocycles. The largest absolute Gasteiger partial charge is 0.444 e. The van der Waals surface area contributed by atoms with Crippen LogP contribution in [0, 0.1) is 5.92 Å². The van der Waals surface area contributed by atoms with Gasteiger partial charge in [-0.05, 0) is 40.8 Å². The number of hydrogen-bond acceptors (Lipinski definition) is 3. The number of carbonyl (C=O) groups excluding carboxylic acids is 1. The number of carbonyl (C=O) groups is 1. The molecule has 0 aromatic heterocycles. The van der Waals surface area contributed by atoms with E-state index in [0.29, 0.717) is 12.5 Å². The summed E-state index contributed by atoms with van der Waals surface area (Å²) in [7, 11) is 4.01. The van der Waals surface area contributed by atoms with Gasteiger partial charge in [0.15, 0.2) is 0 Å². The van der Waals surface area contributed by atoms with Gasteiger partial charge >= 0.3 is 6.09 Å². The molecule has 0 aliphatic heterocycles. The van der Waals surface area contributed by atoms with E-state index in [9.17, 15) is 4.79 Å². The van der Waals surface area contributed by atoms with E-state index in [0.717, 1.165) is 13.1 Å². The number of likely N-dealkylation sites (N-methyl/N-ethyl adjacent to an activating group) is 1. The van der Waals surface area contributed by atoms with E-state index in [2.05, 4.69) is 18.7 Å². The molecule has 4 nitrogen and oxygen atoms in total. The summed E-state index contributed by atoms with van der Waals surface area (Å²) in [5, 5.41) is 0. The van der Waals surface area contributed by atoms with Gasteiger partial charge in [-0.25, -0.2) is 4.79 Å². The van der Waals surface area contributed by atoms with E-state index in [1.165, 1.54) is 0 Å². The van der Waals surface area contributed by atoms with Crippen molar-refractivity contribution in [1.82, 2.24) is 9.80 Å². The minimum absolute atomic E-state index is 0.215. The van der Waals surface area contributed by atoms with Gasteiger partial charge in [0.2, 0.25) is 0 Å². The summed E-state index contributed by atoms with van der Waals surface area (Å²) < 4.78 is 5.40. The minimum Gasteiger partial charge on any atom is -0.444 e. The van der Waals surface area contributed by atoms with Gasteiger partial charge in [-0.1, -0.05) is 13.8 Å². The van der Waals surface area contributed by atoms with Crippen LogP contribution in [-0.4, -0.2) is 55.2 Å². The highest BCUT2D eigenvalue weighted by molar-refractivity contribution is 5.68. The van der Waals surface area contributed by atoms with Crippen LogP contribution in [0.3, 0.4) is 0 Å². The van der Waals surface area contributed by atoms with Gasteiger partial charge in [0.05, 0.1) is 0 Å². The third-order valence-electron chi connectivity index (χ3n) is 2.05. The summed E-state index contributed by atoms with van der Waals surface area (Å²) in [5.41, 5.74) is -0.426. The van der Waals surface area contributed by atoms with Crippen LogP contribution in [0.5, 0.6) is 0 Å². The maximum atomic E-state index is 12.0. The van der Waals surface area contributed by atoms with Crippen molar-refractivity contribution < 1.29 is 9.53 Å². The lowest BCUT2D eigenvalue weighted by Gasteiger charge is -2.29. The maximum Gasteiger partial charge on any atom is 0.410 e. The molecule has 0 fully saturated rings. The monoisotopic (exact) mass is 244 g/mol. The first-order valence-corrected chi connectivity index (χ1v) is 6.24. The fraction of sp³-hybridized carbons (Fsp3) is 0.923. The first-order chi connectivity index (χ1) is 7.61. The maximum absolute atomic E-state index is 12.0. The Balaban J connectivity index is 4.40. The molecule has 0 radical (unpaired) electrons. The Hall–Kier alpha value is -0.770. The van der Waals surface area contributed by atoms with Crippen molar-refractivity contribution in [1.29, 1.82) is 0 Å². The summed E-state index contributed by atoms with van der Waals surface area (Å²) in [6, 6.07) is 0. The predicted octanol–water partition coefficient (Wildman–Crippen LogP) is 2.44. The van der Waals surface area contributed by atoms with E-state index in [1.807, 2.05) is 34.9 Å². The van der Waals surface area contributed by atoms with Gasteiger partial charge in [-0.2, -0.15) is 0 Å².